The van der Waals surface area contributed by atoms with Crippen LogP contribution >= 0.6 is 11.6 Å². The minimum absolute atomic E-state index is 0.0291. The molecule has 2 rings (SSSR count). The van der Waals surface area contributed by atoms with Crippen molar-refractivity contribution in [3.05, 3.63) is 33.3 Å². The Bertz CT molecular complexity index is 472. The fourth-order valence-electron chi connectivity index (χ4n) is 1.65. The zero-order chi connectivity index (χ0) is 12.4. The lowest BCUT2D eigenvalue weighted by Crippen LogP contribution is -2.27. The predicted molar refractivity (Wildman–Crippen MR) is 64.1 cm³/mol. The first-order chi connectivity index (χ1) is 8.08. The number of rotatable bonds is 3. The van der Waals surface area contributed by atoms with Crippen LogP contribution in [0.1, 0.15) is 19.3 Å². The Labute approximate surface area is 103 Å². The van der Waals surface area contributed by atoms with Gasteiger partial charge in [0.15, 0.2) is 0 Å². The lowest BCUT2D eigenvalue weighted by molar-refractivity contribution is -0.384. The van der Waals surface area contributed by atoms with Gasteiger partial charge in [0, 0.05) is 17.7 Å². The molecule has 1 amide bonds. The molecule has 0 atom stereocenters. The van der Waals surface area contributed by atoms with E-state index in [1.165, 1.54) is 18.2 Å². The lowest BCUT2D eigenvalue weighted by atomic mass is 9.85. The molecule has 0 aliphatic heterocycles. The van der Waals surface area contributed by atoms with Crippen molar-refractivity contribution in [1.29, 1.82) is 0 Å². The number of nitrogens with zero attached hydrogens (tertiary/aromatic N) is 1. The molecule has 1 saturated carbocycles. The molecule has 1 fully saturated rings. The minimum Gasteiger partial charge on any atom is -0.326 e. The molecule has 17 heavy (non-hydrogen) atoms. The van der Waals surface area contributed by atoms with Gasteiger partial charge in [0.1, 0.15) is 5.02 Å². The summed E-state index contributed by atoms with van der Waals surface area (Å²) >= 11 is 5.74. The van der Waals surface area contributed by atoms with Gasteiger partial charge in [0.25, 0.3) is 5.69 Å². The zero-order valence-electron chi connectivity index (χ0n) is 8.98. The summed E-state index contributed by atoms with van der Waals surface area (Å²) in [7, 11) is 0. The van der Waals surface area contributed by atoms with Crippen molar-refractivity contribution >= 4 is 28.9 Å². The van der Waals surface area contributed by atoms with Gasteiger partial charge in [0.2, 0.25) is 5.91 Å². The first kappa shape index (κ1) is 11.9. The quantitative estimate of drug-likeness (QED) is 0.666. The molecule has 0 saturated heterocycles. The second-order valence-electron chi connectivity index (χ2n) is 4.04. The first-order valence-corrected chi connectivity index (χ1v) is 5.70. The maximum Gasteiger partial charge on any atom is 0.288 e. The number of carbonyl (C=O) groups excluding carboxylic acids is 1. The standard InChI is InChI=1S/C11H11ClN2O3/c12-9-6-8(4-5-10(9)14(16)17)13-11(15)7-2-1-3-7/h4-7H,1-3H2,(H,13,15). The molecule has 1 aromatic carbocycles. The molecule has 1 aliphatic carbocycles. The number of hydrogen-bond donors (Lipinski definition) is 1. The van der Waals surface area contributed by atoms with Crippen molar-refractivity contribution in [1.82, 2.24) is 0 Å². The van der Waals surface area contributed by atoms with Gasteiger partial charge in [-0.1, -0.05) is 18.0 Å². The highest BCUT2D eigenvalue weighted by Crippen LogP contribution is 2.30. The molecule has 1 aliphatic rings. The van der Waals surface area contributed by atoms with E-state index in [0.717, 1.165) is 19.3 Å². The summed E-state index contributed by atoms with van der Waals surface area (Å²) in [6.07, 6.45) is 2.90. The highest BCUT2D eigenvalue weighted by atomic mass is 35.5. The molecule has 1 N–H and O–H groups in total. The summed E-state index contributed by atoms with van der Waals surface area (Å²) in [4.78, 5) is 21.6. The molecule has 0 heterocycles. The summed E-state index contributed by atoms with van der Waals surface area (Å²) in [6.45, 7) is 0. The Hall–Kier alpha value is -1.62. The molecule has 1 aromatic rings. The number of amides is 1. The highest BCUT2D eigenvalue weighted by molar-refractivity contribution is 6.33. The van der Waals surface area contributed by atoms with Crippen LogP contribution in [0.4, 0.5) is 11.4 Å². The van der Waals surface area contributed by atoms with E-state index in [0.29, 0.717) is 5.69 Å². The van der Waals surface area contributed by atoms with Gasteiger partial charge in [-0.05, 0) is 25.0 Å². The van der Waals surface area contributed by atoms with Crippen molar-refractivity contribution in [2.75, 3.05) is 5.32 Å². The predicted octanol–water partition coefficient (Wildman–Crippen LogP) is 2.99. The van der Waals surface area contributed by atoms with Crippen molar-refractivity contribution < 1.29 is 9.72 Å². The van der Waals surface area contributed by atoms with Crippen LogP contribution in [-0.2, 0) is 4.79 Å². The van der Waals surface area contributed by atoms with Gasteiger partial charge in [-0.15, -0.1) is 0 Å². The van der Waals surface area contributed by atoms with E-state index < -0.39 is 4.92 Å². The van der Waals surface area contributed by atoms with E-state index in [9.17, 15) is 14.9 Å². The fourth-order valence-corrected chi connectivity index (χ4v) is 1.90. The largest absolute Gasteiger partial charge is 0.326 e. The monoisotopic (exact) mass is 254 g/mol. The minimum atomic E-state index is -0.556. The Morgan fingerprint density at radius 1 is 1.47 bits per heavy atom. The van der Waals surface area contributed by atoms with Crippen molar-refractivity contribution in [3.63, 3.8) is 0 Å². The smallest absolute Gasteiger partial charge is 0.288 e. The van der Waals surface area contributed by atoms with E-state index in [2.05, 4.69) is 5.32 Å². The third-order valence-electron chi connectivity index (χ3n) is 2.89. The number of hydrogen-bond acceptors (Lipinski definition) is 3. The summed E-state index contributed by atoms with van der Waals surface area (Å²) in [5.74, 6) is 0.0325. The molecular formula is C11H11ClN2O3. The van der Waals surface area contributed by atoms with E-state index in [4.69, 9.17) is 11.6 Å². The molecular weight excluding hydrogens is 244 g/mol. The van der Waals surface area contributed by atoms with Gasteiger partial charge in [-0.2, -0.15) is 0 Å². The van der Waals surface area contributed by atoms with Gasteiger partial charge in [-0.3, -0.25) is 14.9 Å². The van der Waals surface area contributed by atoms with Crippen LogP contribution in [0.3, 0.4) is 0 Å². The zero-order valence-corrected chi connectivity index (χ0v) is 9.74. The number of nitrogens with one attached hydrogen (secondary N) is 1. The van der Waals surface area contributed by atoms with Crippen LogP contribution in [0.25, 0.3) is 0 Å². The van der Waals surface area contributed by atoms with Crippen LogP contribution in [0.5, 0.6) is 0 Å². The van der Waals surface area contributed by atoms with Crippen LogP contribution in [0.15, 0.2) is 18.2 Å². The Morgan fingerprint density at radius 2 is 2.18 bits per heavy atom. The molecule has 0 aromatic heterocycles. The van der Waals surface area contributed by atoms with Gasteiger partial charge in [0.05, 0.1) is 4.92 Å². The van der Waals surface area contributed by atoms with Gasteiger partial charge < -0.3 is 5.32 Å². The van der Waals surface area contributed by atoms with Gasteiger partial charge >= 0.3 is 0 Å². The fraction of sp³-hybridized carbons (Fsp3) is 0.364. The molecule has 0 unspecified atom stereocenters. The first-order valence-electron chi connectivity index (χ1n) is 5.33. The SMILES string of the molecule is O=C(Nc1ccc([N+](=O)[O-])c(Cl)c1)C1CCC1. The van der Waals surface area contributed by atoms with E-state index in [1.54, 1.807) is 0 Å². The average Bonchev–Trinajstić information content (AvgIpc) is 2.13. The summed E-state index contributed by atoms with van der Waals surface area (Å²) in [5.41, 5.74) is 0.339. The molecule has 0 spiro atoms. The summed E-state index contributed by atoms with van der Waals surface area (Å²) in [6, 6.07) is 4.18. The van der Waals surface area contributed by atoms with Crippen molar-refractivity contribution in [3.8, 4) is 0 Å². The number of anilines is 1. The number of nitro groups is 1. The maximum absolute atomic E-state index is 11.6. The molecule has 6 heteroatoms. The van der Waals surface area contributed by atoms with Crippen molar-refractivity contribution in [2.45, 2.75) is 19.3 Å². The van der Waals surface area contributed by atoms with Gasteiger partial charge in [-0.25, -0.2) is 0 Å². The number of carbonyl (C=O) groups is 1. The molecule has 0 bridgehead atoms. The molecule has 5 nitrogen and oxygen atoms in total. The van der Waals surface area contributed by atoms with Crippen LogP contribution in [0, 0.1) is 16.0 Å². The average molecular weight is 255 g/mol. The highest BCUT2D eigenvalue weighted by Gasteiger charge is 2.25. The second-order valence-corrected chi connectivity index (χ2v) is 4.45. The normalized spacial score (nSPS) is 15.1. The summed E-state index contributed by atoms with van der Waals surface area (Å²) in [5, 5.41) is 13.3. The molecule has 90 valence electrons. The van der Waals surface area contributed by atoms with E-state index in [1.807, 2.05) is 0 Å². The Balaban J connectivity index is 2.09. The number of halogens is 1. The Morgan fingerprint density at radius 3 is 2.65 bits per heavy atom. The van der Waals surface area contributed by atoms with Crippen molar-refractivity contribution in [2.24, 2.45) is 5.92 Å². The summed E-state index contributed by atoms with van der Waals surface area (Å²) < 4.78 is 0. The number of benzene rings is 1. The molecule has 0 radical (unpaired) electrons. The Kier molecular flexibility index (Phi) is 3.28. The maximum atomic E-state index is 11.6. The third-order valence-corrected chi connectivity index (χ3v) is 3.19. The van der Waals surface area contributed by atoms with Crippen LogP contribution < -0.4 is 5.32 Å². The topological polar surface area (TPSA) is 72.2 Å². The number of nitro benzene ring substituents is 1. The second kappa shape index (κ2) is 4.71. The van der Waals surface area contributed by atoms with Crippen LogP contribution in [-0.4, -0.2) is 10.8 Å². The van der Waals surface area contributed by atoms with E-state index >= 15 is 0 Å². The third kappa shape index (κ3) is 2.55. The van der Waals surface area contributed by atoms with E-state index in [-0.39, 0.29) is 22.5 Å². The lowest BCUT2D eigenvalue weighted by Gasteiger charge is -2.24. The van der Waals surface area contributed by atoms with Crippen LogP contribution in [0.2, 0.25) is 5.02 Å².